The number of ketones is 1. The molecule has 0 bridgehead atoms. The Morgan fingerprint density at radius 2 is 1.76 bits per heavy atom. The molecule has 1 aromatic carbocycles. The predicted octanol–water partition coefficient (Wildman–Crippen LogP) is 5.79. The molecule has 0 saturated heterocycles. The number of thioether (sulfide) groups is 1. The second-order valence-corrected chi connectivity index (χ2v) is 13.1. The maximum absolute atomic E-state index is 10.9. The fourth-order valence-electron chi connectivity index (χ4n) is 2.01. The summed E-state index contributed by atoms with van der Waals surface area (Å²) >= 11 is 2.02. The van der Waals surface area contributed by atoms with Crippen molar-refractivity contribution in [1.29, 1.82) is 0 Å². The summed E-state index contributed by atoms with van der Waals surface area (Å²) < 4.78 is 1.57. The van der Waals surface area contributed by atoms with E-state index in [1.807, 2.05) is 11.8 Å². The van der Waals surface area contributed by atoms with Crippen molar-refractivity contribution >= 4 is 31.7 Å². The zero-order chi connectivity index (χ0) is 15.7. The van der Waals surface area contributed by atoms with E-state index in [0.717, 1.165) is 19.3 Å². The molecule has 0 amide bonds. The van der Waals surface area contributed by atoms with Crippen molar-refractivity contribution in [3.63, 3.8) is 0 Å². The molecule has 0 aromatic heterocycles. The van der Waals surface area contributed by atoms with Crippen molar-refractivity contribution in [3.8, 4) is 0 Å². The van der Waals surface area contributed by atoms with E-state index in [-0.39, 0.29) is 0 Å². The van der Waals surface area contributed by atoms with E-state index in [0.29, 0.717) is 5.78 Å². The van der Waals surface area contributed by atoms with Crippen LogP contribution < -0.4 is 0 Å². The number of unbranched alkanes of at least 4 members (excludes halogenated alkanes) is 2. The Kier molecular flexibility index (Phi) is 8.05. The average Bonchev–Trinajstić information content (AvgIpc) is 2.41. The fourth-order valence-corrected chi connectivity index (χ4v) is 5.44. The van der Waals surface area contributed by atoms with Crippen LogP contribution in [-0.2, 0) is 4.79 Å². The van der Waals surface area contributed by atoms with Gasteiger partial charge in [-0.3, -0.25) is 0 Å². The lowest BCUT2D eigenvalue weighted by Gasteiger charge is -2.20. The third-order valence-electron chi connectivity index (χ3n) is 3.27. The molecule has 0 unspecified atom stereocenters. The second kappa shape index (κ2) is 9.26. The highest BCUT2D eigenvalue weighted by atomic mass is 32.2. The van der Waals surface area contributed by atoms with Crippen molar-refractivity contribution in [2.24, 2.45) is 0 Å². The first kappa shape index (κ1) is 18.2. The molecule has 0 N–H and O–H groups in total. The summed E-state index contributed by atoms with van der Waals surface area (Å²) in [6.07, 6.45) is 6.52. The Morgan fingerprint density at radius 3 is 2.33 bits per heavy atom. The predicted molar refractivity (Wildman–Crippen MR) is 99.4 cm³/mol. The molecule has 0 saturated carbocycles. The van der Waals surface area contributed by atoms with Crippen LogP contribution in [0.4, 0.5) is 0 Å². The van der Waals surface area contributed by atoms with E-state index in [1.165, 1.54) is 17.7 Å². The fraction of sp³-hybridized carbons (Fsp3) is 0.500. The number of Topliss-reactive ketones (excluding diaryl/α,β-unsaturated/α-hetero) is 1. The van der Waals surface area contributed by atoms with Crippen LogP contribution in [0.15, 0.2) is 34.9 Å². The second-order valence-electron chi connectivity index (χ2n) is 6.53. The van der Waals surface area contributed by atoms with Crippen molar-refractivity contribution in [2.75, 3.05) is 5.75 Å². The van der Waals surface area contributed by atoms with Gasteiger partial charge in [-0.25, -0.2) is 0 Å². The number of carbonyl (C=O) groups excluding carboxylic acids is 1. The number of carbonyl (C=O) groups is 1. The lowest BCUT2D eigenvalue weighted by Crippen LogP contribution is -2.22. The van der Waals surface area contributed by atoms with Gasteiger partial charge in [-0.05, 0) is 41.7 Å². The summed E-state index contributed by atoms with van der Waals surface area (Å²) in [6, 6.07) is 10.6. The van der Waals surface area contributed by atoms with Crippen LogP contribution in [0.5, 0.6) is 0 Å². The van der Waals surface area contributed by atoms with Crippen LogP contribution >= 0.6 is 11.8 Å². The molecule has 0 spiro atoms. The van der Waals surface area contributed by atoms with Crippen LogP contribution in [0.1, 0.15) is 38.2 Å². The third-order valence-corrected chi connectivity index (χ3v) is 8.08. The molecule has 0 fully saturated rings. The lowest BCUT2D eigenvalue weighted by atomic mass is 10.2. The standard InChI is InChI=1S/C18H28OSSi/c1-16(19)11-7-6-10-14-20-18(21(2,3)4)15-17-12-8-5-9-13-17/h5,8-9,12-13,15H,6-7,10-11,14H2,1-4H3/b18-15+. The van der Waals surface area contributed by atoms with Gasteiger partial charge >= 0.3 is 0 Å². The van der Waals surface area contributed by atoms with Crippen molar-refractivity contribution < 1.29 is 4.79 Å². The molecule has 21 heavy (non-hydrogen) atoms. The molecule has 0 atom stereocenters. The smallest absolute Gasteiger partial charge is 0.129 e. The van der Waals surface area contributed by atoms with Crippen molar-refractivity contribution in [3.05, 3.63) is 40.4 Å². The summed E-state index contributed by atoms with van der Waals surface area (Å²) in [5, 5.41) is 0. The van der Waals surface area contributed by atoms with Crippen LogP contribution in [0, 0.1) is 0 Å². The summed E-state index contributed by atoms with van der Waals surface area (Å²) in [5.41, 5.74) is 1.30. The Morgan fingerprint density at radius 1 is 1.10 bits per heavy atom. The van der Waals surface area contributed by atoms with Gasteiger partial charge in [-0.2, -0.15) is 0 Å². The van der Waals surface area contributed by atoms with E-state index >= 15 is 0 Å². The van der Waals surface area contributed by atoms with E-state index in [4.69, 9.17) is 0 Å². The number of benzene rings is 1. The van der Waals surface area contributed by atoms with Gasteiger partial charge in [0.2, 0.25) is 0 Å². The molecule has 3 heteroatoms. The van der Waals surface area contributed by atoms with Crippen molar-refractivity contribution in [2.45, 2.75) is 52.2 Å². The summed E-state index contributed by atoms with van der Waals surface area (Å²) in [5.74, 6) is 1.48. The zero-order valence-electron chi connectivity index (χ0n) is 13.8. The van der Waals surface area contributed by atoms with Gasteiger partial charge in [0.05, 0.1) is 8.07 Å². The first-order valence-corrected chi connectivity index (χ1v) is 12.3. The van der Waals surface area contributed by atoms with E-state index in [1.54, 1.807) is 11.5 Å². The molecule has 0 aliphatic carbocycles. The average molecular weight is 321 g/mol. The van der Waals surface area contributed by atoms with Gasteiger partial charge in [-0.15, -0.1) is 11.8 Å². The van der Waals surface area contributed by atoms with Gasteiger partial charge in [0.15, 0.2) is 0 Å². The SMILES string of the molecule is CC(=O)CCCCCS/C(=C\c1ccccc1)[Si](C)(C)C. The molecular formula is C18H28OSSi. The number of hydrogen-bond donors (Lipinski definition) is 0. The maximum Gasteiger partial charge on any atom is 0.129 e. The van der Waals surface area contributed by atoms with Gasteiger partial charge < -0.3 is 4.79 Å². The van der Waals surface area contributed by atoms with Crippen molar-refractivity contribution in [1.82, 2.24) is 0 Å². The summed E-state index contributed by atoms with van der Waals surface area (Å²) in [6.45, 7) is 8.90. The van der Waals surface area contributed by atoms with Crippen LogP contribution in [0.3, 0.4) is 0 Å². The number of hydrogen-bond acceptors (Lipinski definition) is 2. The van der Waals surface area contributed by atoms with E-state index < -0.39 is 8.07 Å². The minimum absolute atomic E-state index is 0.314. The maximum atomic E-state index is 10.9. The topological polar surface area (TPSA) is 17.1 Å². The molecule has 1 nitrogen and oxygen atoms in total. The molecule has 0 heterocycles. The molecule has 0 aliphatic heterocycles. The molecule has 1 rings (SSSR count). The lowest BCUT2D eigenvalue weighted by molar-refractivity contribution is -0.117. The highest BCUT2D eigenvalue weighted by Crippen LogP contribution is 2.30. The van der Waals surface area contributed by atoms with Crippen LogP contribution in [-0.4, -0.2) is 19.6 Å². The highest BCUT2D eigenvalue weighted by molar-refractivity contribution is 8.05. The van der Waals surface area contributed by atoms with Crippen LogP contribution in [0.25, 0.3) is 6.08 Å². The Labute approximate surface area is 135 Å². The zero-order valence-corrected chi connectivity index (χ0v) is 15.6. The summed E-state index contributed by atoms with van der Waals surface area (Å²) in [7, 11) is -1.29. The normalized spacial score (nSPS) is 12.5. The molecule has 1 aromatic rings. The van der Waals surface area contributed by atoms with E-state index in [9.17, 15) is 4.79 Å². The van der Waals surface area contributed by atoms with E-state index in [2.05, 4.69) is 56.0 Å². The number of rotatable bonds is 9. The third kappa shape index (κ3) is 8.27. The Bertz CT molecular complexity index is 460. The minimum Gasteiger partial charge on any atom is -0.300 e. The Balaban J connectivity index is 2.49. The largest absolute Gasteiger partial charge is 0.300 e. The quantitative estimate of drug-likeness (QED) is 0.423. The highest BCUT2D eigenvalue weighted by Gasteiger charge is 2.19. The first-order chi connectivity index (χ1) is 9.89. The summed E-state index contributed by atoms with van der Waals surface area (Å²) in [4.78, 5) is 10.9. The van der Waals surface area contributed by atoms with Crippen LogP contribution in [0.2, 0.25) is 19.6 Å². The monoisotopic (exact) mass is 320 g/mol. The molecular weight excluding hydrogens is 292 g/mol. The van der Waals surface area contributed by atoms with Gasteiger partial charge in [0.1, 0.15) is 5.78 Å². The van der Waals surface area contributed by atoms with Gasteiger partial charge in [0.25, 0.3) is 0 Å². The molecule has 116 valence electrons. The molecule has 0 aliphatic rings. The van der Waals surface area contributed by atoms with Gasteiger partial charge in [0, 0.05) is 6.42 Å². The first-order valence-electron chi connectivity index (χ1n) is 7.79. The Hall–Kier alpha value is -0.803. The van der Waals surface area contributed by atoms with Gasteiger partial charge in [-0.1, -0.05) is 56.4 Å². The molecule has 0 radical (unpaired) electrons. The minimum atomic E-state index is -1.29.